The SMILES string of the molecule is Cc1ccc(S(=O)(=O)C=C(O)c2ccc[nH]2)c(C)c1. The molecule has 0 fully saturated rings. The summed E-state index contributed by atoms with van der Waals surface area (Å²) in [4.78, 5) is 2.96. The molecule has 100 valence electrons. The highest BCUT2D eigenvalue weighted by Crippen LogP contribution is 2.21. The Bertz CT molecular complexity index is 713. The van der Waals surface area contributed by atoms with Crippen LogP contribution in [0.15, 0.2) is 46.8 Å². The summed E-state index contributed by atoms with van der Waals surface area (Å²) >= 11 is 0. The monoisotopic (exact) mass is 277 g/mol. The zero-order valence-corrected chi connectivity index (χ0v) is 11.5. The summed E-state index contributed by atoms with van der Waals surface area (Å²) in [5.74, 6) is -0.301. The lowest BCUT2D eigenvalue weighted by molar-refractivity contribution is 0.509. The number of sulfone groups is 1. The Balaban J connectivity index is 2.46. The number of benzene rings is 1. The third-order valence-corrected chi connectivity index (χ3v) is 4.38. The lowest BCUT2D eigenvalue weighted by Gasteiger charge is -2.05. The molecule has 0 saturated carbocycles. The zero-order valence-electron chi connectivity index (χ0n) is 10.7. The minimum atomic E-state index is -3.67. The molecule has 1 aromatic carbocycles. The van der Waals surface area contributed by atoms with Gasteiger partial charge in [-0.1, -0.05) is 17.7 Å². The number of aromatic amines is 1. The van der Waals surface area contributed by atoms with Gasteiger partial charge >= 0.3 is 0 Å². The second kappa shape index (κ2) is 4.93. The fourth-order valence-electron chi connectivity index (χ4n) is 1.88. The summed E-state index contributed by atoms with van der Waals surface area (Å²) in [6.45, 7) is 3.63. The number of aliphatic hydroxyl groups excluding tert-OH is 1. The number of aromatic nitrogens is 1. The van der Waals surface area contributed by atoms with Gasteiger partial charge in [-0.05, 0) is 37.6 Å². The smallest absolute Gasteiger partial charge is 0.203 e. The van der Waals surface area contributed by atoms with Gasteiger partial charge in [-0.3, -0.25) is 0 Å². The molecule has 0 amide bonds. The second-order valence-corrected chi connectivity index (χ2v) is 6.17. The maximum absolute atomic E-state index is 12.2. The Morgan fingerprint density at radius 2 is 2.00 bits per heavy atom. The van der Waals surface area contributed by atoms with E-state index < -0.39 is 9.84 Å². The lowest BCUT2D eigenvalue weighted by Crippen LogP contribution is -2.01. The molecule has 0 spiro atoms. The topological polar surface area (TPSA) is 70.2 Å². The van der Waals surface area contributed by atoms with E-state index in [2.05, 4.69) is 4.98 Å². The number of hydrogen-bond acceptors (Lipinski definition) is 3. The Kier molecular flexibility index (Phi) is 3.48. The molecule has 0 bridgehead atoms. The summed E-state index contributed by atoms with van der Waals surface area (Å²) in [5.41, 5.74) is 2.03. The highest BCUT2D eigenvalue weighted by atomic mass is 32.2. The first-order valence-corrected chi connectivity index (χ1v) is 7.31. The van der Waals surface area contributed by atoms with Crippen molar-refractivity contribution in [1.29, 1.82) is 0 Å². The molecule has 4 nitrogen and oxygen atoms in total. The van der Waals surface area contributed by atoms with Crippen LogP contribution in [0.1, 0.15) is 16.8 Å². The first-order valence-electron chi connectivity index (χ1n) is 5.77. The normalized spacial score (nSPS) is 12.6. The maximum atomic E-state index is 12.2. The van der Waals surface area contributed by atoms with Crippen LogP contribution < -0.4 is 0 Å². The molecule has 0 saturated heterocycles. The molecule has 19 heavy (non-hydrogen) atoms. The van der Waals surface area contributed by atoms with Gasteiger partial charge in [0.15, 0.2) is 5.76 Å². The van der Waals surface area contributed by atoms with Crippen molar-refractivity contribution in [2.75, 3.05) is 0 Å². The van der Waals surface area contributed by atoms with Crippen LogP contribution in [0.2, 0.25) is 0 Å². The van der Waals surface area contributed by atoms with E-state index in [-0.39, 0.29) is 10.7 Å². The van der Waals surface area contributed by atoms with Crippen molar-refractivity contribution >= 4 is 15.6 Å². The third kappa shape index (κ3) is 2.88. The fraction of sp³-hybridized carbons (Fsp3) is 0.143. The van der Waals surface area contributed by atoms with E-state index in [4.69, 9.17) is 0 Å². The van der Waals surface area contributed by atoms with Gasteiger partial charge in [0.1, 0.15) is 0 Å². The lowest BCUT2D eigenvalue weighted by atomic mass is 10.2. The minimum Gasteiger partial charge on any atom is -0.505 e. The van der Waals surface area contributed by atoms with Crippen LogP contribution in [-0.2, 0) is 9.84 Å². The number of aliphatic hydroxyl groups is 1. The molecule has 0 aliphatic heterocycles. The number of H-pyrrole nitrogens is 1. The first kappa shape index (κ1) is 13.4. The predicted octanol–water partition coefficient (Wildman–Crippen LogP) is 2.96. The van der Waals surface area contributed by atoms with Crippen molar-refractivity contribution in [3.63, 3.8) is 0 Å². The number of hydrogen-bond donors (Lipinski definition) is 2. The Morgan fingerprint density at radius 1 is 1.26 bits per heavy atom. The van der Waals surface area contributed by atoms with Crippen molar-refractivity contribution in [2.45, 2.75) is 18.7 Å². The molecular weight excluding hydrogens is 262 g/mol. The average Bonchev–Trinajstić information content (AvgIpc) is 2.80. The summed E-state index contributed by atoms with van der Waals surface area (Å²) in [5, 5.41) is 10.7. The van der Waals surface area contributed by atoms with Crippen molar-refractivity contribution in [1.82, 2.24) is 4.98 Å². The van der Waals surface area contributed by atoms with Gasteiger partial charge in [0, 0.05) is 6.20 Å². The van der Waals surface area contributed by atoms with E-state index in [1.54, 1.807) is 43.5 Å². The number of nitrogens with one attached hydrogen (secondary N) is 1. The summed E-state index contributed by atoms with van der Waals surface area (Å²) < 4.78 is 24.4. The average molecular weight is 277 g/mol. The van der Waals surface area contributed by atoms with Gasteiger partial charge in [0.2, 0.25) is 9.84 Å². The van der Waals surface area contributed by atoms with Crippen molar-refractivity contribution in [3.8, 4) is 0 Å². The Labute approximate surface area is 112 Å². The number of rotatable bonds is 3. The van der Waals surface area contributed by atoms with Crippen LogP contribution in [0, 0.1) is 13.8 Å². The van der Waals surface area contributed by atoms with Crippen molar-refractivity contribution in [2.24, 2.45) is 0 Å². The van der Waals surface area contributed by atoms with Gasteiger partial charge in [-0.25, -0.2) is 8.42 Å². The number of aryl methyl sites for hydroxylation is 2. The van der Waals surface area contributed by atoms with E-state index in [1.165, 1.54) is 0 Å². The molecule has 2 rings (SSSR count). The van der Waals surface area contributed by atoms with Gasteiger partial charge in [-0.15, -0.1) is 0 Å². The molecule has 0 radical (unpaired) electrons. The fourth-order valence-corrected chi connectivity index (χ4v) is 3.20. The Hall–Kier alpha value is -2.01. The van der Waals surface area contributed by atoms with Crippen LogP contribution in [0.25, 0.3) is 5.76 Å². The molecule has 0 aliphatic carbocycles. The van der Waals surface area contributed by atoms with Gasteiger partial charge in [0.25, 0.3) is 0 Å². The zero-order chi connectivity index (χ0) is 14.0. The first-order chi connectivity index (χ1) is 8.90. The molecule has 0 unspecified atom stereocenters. The van der Waals surface area contributed by atoms with Crippen LogP contribution in [0.3, 0.4) is 0 Å². The largest absolute Gasteiger partial charge is 0.505 e. The van der Waals surface area contributed by atoms with E-state index in [1.807, 2.05) is 6.92 Å². The second-order valence-electron chi connectivity index (χ2n) is 4.40. The standard InChI is InChI=1S/C14H15NO3S/c1-10-5-6-14(11(2)8-10)19(17,18)9-13(16)12-4-3-7-15-12/h3-9,15-16H,1-2H3. The van der Waals surface area contributed by atoms with Crippen LogP contribution >= 0.6 is 0 Å². The molecular formula is C14H15NO3S. The molecule has 1 aromatic heterocycles. The van der Waals surface area contributed by atoms with Gasteiger partial charge in [-0.2, -0.15) is 0 Å². The maximum Gasteiger partial charge on any atom is 0.203 e. The van der Waals surface area contributed by atoms with Crippen LogP contribution in [0.4, 0.5) is 0 Å². The summed E-state index contributed by atoms with van der Waals surface area (Å²) in [6.07, 6.45) is 1.61. The predicted molar refractivity (Wildman–Crippen MR) is 74.5 cm³/mol. The summed E-state index contributed by atoms with van der Waals surface area (Å²) in [6, 6.07) is 8.37. The van der Waals surface area contributed by atoms with Crippen molar-refractivity contribution < 1.29 is 13.5 Å². The molecule has 5 heteroatoms. The molecule has 2 N–H and O–H groups in total. The minimum absolute atomic E-state index is 0.205. The van der Waals surface area contributed by atoms with E-state index in [0.29, 0.717) is 11.3 Å². The molecule has 1 heterocycles. The van der Waals surface area contributed by atoms with Crippen LogP contribution in [0.5, 0.6) is 0 Å². The van der Waals surface area contributed by atoms with E-state index in [0.717, 1.165) is 11.0 Å². The molecule has 0 atom stereocenters. The Morgan fingerprint density at radius 3 is 2.58 bits per heavy atom. The van der Waals surface area contributed by atoms with Crippen LogP contribution in [-0.4, -0.2) is 18.5 Å². The van der Waals surface area contributed by atoms with Gasteiger partial charge < -0.3 is 10.1 Å². The van der Waals surface area contributed by atoms with Crippen molar-refractivity contribution in [3.05, 3.63) is 58.8 Å². The quantitative estimate of drug-likeness (QED) is 0.847. The highest BCUT2D eigenvalue weighted by Gasteiger charge is 2.16. The van der Waals surface area contributed by atoms with Gasteiger partial charge in [0.05, 0.1) is 16.0 Å². The molecule has 0 aliphatic rings. The van der Waals surface area contributed by atoms with E-state index in [9.17, 15) is 13.5 Å². The third-order valence-electron chi connectivity index (χ3n) is 2.78. The highest BCUT2D eigenvalue weighted by molar-refractivity contribution is 7.94. The summed E-state index contributed by atoms with van der Waals surface area (Å²) in [7, 11) is -3.67. The van der Waals surface area contributed by atoms with E-state index >= 15 is 0 Å². The molecule has 2 aromatic rings.